The maximum absolute atomic E-state index is 13.4. The van der Waals surface area contributed by atoms with Gasteiger partial charge in [-0.25, -0.2) is 4.79 Å². The fourth-order valence-corrected chi connectivity index (χ4v) is 8.19. The Kier molecular flexibility index (Phi) is 9.88. The SMILES string of the molecule is C.Cc1c(C)c(C)c2c(c1C)C(=O)c1c(C)c(C)c(C(=O)O)c(C)c1C2=O.Cc1c(C)c(C)c2c(c1C)C(=O)c1c(C)c(C)c(C)c(C)c1C2=O. The number of carbonyl (C=O) groups is 5. The van der Waals surface area contributed by atoms with Gasteiger partial charge in [0.25, 0.3) is 0 Å². The molecule has 0 spiro atoms. The number of hydrogen-bond acceptors (Lipinski definition) is 5. The van der Waals surface area contributed by atoms with Crippen LogP contribution in [0.25, 0.3) is 0 Å². The topological polar surface area (TPSA) is 106 Å². The average Bonchev–Trinajstić information content (AvgIpc) is 3.06. The molecule has 0 aromatic heterocycles. The number of hydrogen-bond donors (Lipinski definition) is 1. The number of carboxylic acid groups (broad SMARTS) is 1. The molecule has 2 aliphatic carbocycles. The highest BCUT2D eigenvalue weighted by Gasteiger charge is 2.39. The van der Waals surface area contributed by atoms with Gasteiger partial charge in [0.1, 0.15) is 0 Å². The number of fused-ring (bicyclic) bond motifs is 4. The third kappa shape index (κ3) is 5.17. The standard InChI is InChI=1S/C22H22O4.C22H24O2.CH4/c1-8-9(2)11(4)17-16(10(8)3)20(23)18-13(6)12(5)15(22(25)26)14(7)19(18)21(17)24;1-9-10(2)14(6)18-17(13(9)5)21(23)19-15(7)11(3)12(4)16(8)20(19)22(18)24;/h1-7H3,(H,25,26);1-8H3;1H4. The molecular formula is C45H50O6. The lowest BCUT2D eigenvalue weighted by Crippen LogP contribution is -2.28. The normalized spacial score (nSPS) is 12.8. The summed E-state index contributed by atoms with van der Waals surface area (Å²) in [6.45, 7) is 28.6. The Hall–Kier alpha value is -4.97. The summed E-state index contributed by atoms with van der Waals surface area (Å²) in [6, 6.07) is 0. The first-order valence-corrected chi connectivity index (χ1v) is 17.0. The van der Waals surface area contributed by atoms with Crippen molar-refractivity contribution in [2.75, 3.05) is 0 Å². The molecule has 0 saturated carbocycles. The van der Waals surface area contributed by atoms with Crippen LogP contribution < -0.4 is 0 Å². The number of rotatable bonds is 1. The van der Waals surface area contributed by atoms with E-state index in [0.717, 1.165) is 66.8 Å². The molecule has 0 radical (unpaired) electrons. The van der Waals surface area contributed by atoms with Crippen LogP contribution in [0.1, 0.15) is 165 Å². The van der Waals surface area contributed by atoms with Gasteiger partial charge < -0.3 is 5.11 Å². The van der Waals surface area contributed by atoms with Crippen LogP contribution >= 0.6 is 0 Å². The summed E-state index contributed by atoms with van der Waals surface area (Å²) in [5.74, 6) is -1.50. The zero-order chi connectivity index (χ0) is 37.7. The van der Waals surface area contributed by atoms with Gasteiger partial charge in [0.2, 0.25) is 0 Å². The first-order chi connectivity index (χ1) is 23.1. The minimum Gasteiger partial charge on any atom is -0.478 e. The average molecular weight is 687 g/mol. The number of benzene rings is 4. The molecule has 6 nitrogen and oxygen atoms in total. The van der Waals surface area contributed by atoms with Crippen LogP contribution in [0.4, 0.5) is 0 Å². The highest BCUT2D eigenvalue weighted by atomic mass is 16.4. The second kappa shape index (κ2) is 13.0. The van der Waals surface area contributed by atoms with Crippen LogP contribution in [-0.2, 0) is 0 Å². The number of ketones is 4. The monoisotopic (exact) mass is 686 g/mol. The molecule has 1 N–H and O–H groups in total. The van der Waals surface area contributed by atoms with Crippen molar-refractivity contribution in [1.29, 1.82) is 0 Å². The van der Waals surface area contributed by atoms with Crippen LogP contribution in [0.5, 0.6) is 0 Å². The lowest BCUT2D eigenvalue weighted by Gasteiger charge is -2.28. The van der Waals surface area contributed by atoms with Crippen LogP contribution in [0.15, 0.2) is 0 Å². The van der Waals surface area contributed by atoms with Crippen molar-refractivity contribution in [2.24, 2.45) is 0 Å². The summed E-state index contributed by atoms with van der Waals surface area (Å²) in [5.41, 5.74) is 17.3. The zero-order valence-corrected chi connectivity index (χ0v) is 32.0. The second-order valence-electron chi connectivity index (χ2n) is 14.4. The third-order valence-corrected chi connectivity index (χ3v) is 12.4. The fraction of sp³-hybridized carbons (Fsp3) is 0.356. The Morgan fingerprint density at radius 2 is 0.451 bits per heavy atom. The summed E-state index contributed by atoms with van der Waals surface area (Å²) in [6.07, 6.45) is 0. The van der Waals surface area contributed by atoms with E-state index in [2.05, 4.69) is 0 Å². The van der Waals surface area contributed by atoms with E-state index in [1.807, 2.05) is 83.1 Å². The van der Waals surface area contributed by atoms with Crippen molar-refractivity contribution in [1.82, 2.24) is 0 Å². The molecule has 6 rings (SSSR count). The van der Waals surface area contributed by atoms with Crippen molar-refractivity contribution in [3.05, 3.63) is 134 Å². The second-order valence-corrected chi connectivity index (χ2v) is 14.4. The maximum Gasteiger partial charge on any atom is 0.336 e. The van der Waals surface area contributed by atoms with Gasteiger partial charge in [-0.1, -0.05) is 7.43 Å². The number of carbonyl (C=O) groups excluding carboxylic acids is 4. The summed E-state index contributed by atoms with van der Waals surface area (Å²) >= 11 is 0. The molecule has 4 aromatic carbocycles. The molecule has 0 heterocycles. The van der Waals surface area contributed by atoms with Gasteiger partial charge in [0, 0.05) is 44.5 Å². The van der Waals surface area contributed by atoms with Gasteiger partial charge in [-0.15, -0.1) is 0 Å². The molecule has 2 aliphatic rings. The van der Waals surface area contributed by atoms with Gasteiger partial charge >= 0.3 is 5.97 Å². The van der Waals surface area contributed by atoms with Crippen molar-refractivity contribution in [3.8, 4) is 0 Å². The molecule has 0 unspecified atom stereocenters. The predicted molar refractivity (Wildman–Crippen MR) is 204 cm³/mol. The largest absolute Gasteiger partial charge is 0.478 e. The van der Waals surface area contributed by atoms with Crippen molar-refractivity contribution >= 4 is 29.1 Å². The van der Waals surface area contributed by atoms with Crippen molar-refractivity contribution in [3.63, 3.8) is 0 Å². The molecule has 266 valence electrons. The molecule has 0 fully saturated rings. The molecule has 51 heavy (non-hydrogen) atoms. The van der Waals surface area contributed by atoms with Gasteiger partial charge in [-0.05, 0) is 187 Å². The number of carboxylic acids is 1. The van der Waals surface area contributed by atoms with E-state index in [-0.39, 0.29) is 41.7 Å². The van der Waals surface area contributed by atoms with E-state index < -0.39 is 5.97 Å². The van der Waals surface area contributed by atoms with E-state index in [1.54, 1.807) is 20.8 Å². The minimum atomic E-state index is -1.08. The predicted octanol–water partition coefficient (Wildman–Crippen LogP) is 9.88. The molecule has 0 bridgehead atoms. The summed E-state index contributed by atoms with van der Waals surface area (Å²) in [4.78, 5) is 65.3. The van der Waals surface area contributed by atoms with E-state index in [9.17, 15) is 29.1 Å². The van der Waals surface area contributed by atoms with Crippen LogP contribution in [0, 0.1) is 104 Å². The van der Waals surface area contributed by atoms with Gasteiger partial charge in [0.15, 0.2) is 23.1 Å². The highest BCUT2D eigenvalue weighted by Crippen LogP contribution is 2.41. The van der Waals surface area contributed by atoms with Crippen LogP contribution in [0.3, 0.4) is 0 Å². The molecule has 0 amide bonds. The zero-order valence-electron chi connectivity index (χ0n) is 32.0. The molecular weight excluding hydrogens is 636 g/mol. The van der Waals surface area contributed by atoms with E-state index >= 15 is 0 Å². The first kappa shape index (κ1) is 38.8. The van der Waals surface area contributed by atoms with Gasteiger partial charge in [0.05, 0.1) is 5.56 Å². The molecule has 0 atom stereocenters. The Morgan fingerprint density at radius 1 is 0.294 bits per heavy atom. The molecule has 0 aliphatic heterocycles. The lowest BCUT2D eigenvalue weighted by molar-refractivity contribution is 0.0694. The number of aromatic carboxylic acids is 1. The van der Waals surface area contributed by atoms with E-state index in [0.29, 0.717) is 55.6 Å². The van der Waals surface area contributed by atoms with Crippen molar-refractivity contribution < 1.29 is 29.1 Å². The summed E-state index contributed by atoms with van der Waals surface area (Å²) < 4.78 is 0. The quantitative estimate of drug-likeness (QED) is 0.185. The smallest absolute Gasteiger partial charge is 0.336 e. The summed E-state index contributed by atoms with van der Waals surface area (Å²) in [5, 5.41) is 9.60. The Morgan fingerprint density at radius 3 is 0.627 bits per heavy atom. The van der Waals surface area contributed by atoms with Crippen LogP contribution in [0.2, 0.25) is 0 Å². The Bertz CT molecular complexity index is 2190. The summed E-state index contributed by atoms with van der Waals surface area (Å²) in [7, 11) is 0. The Labute approximate surface area is 302 Å². The third-order valence-electron chi connectivity index (χ3n) is 12.4. The lowest BCUT2D eigenvalue weighted by atomic mass is 9.73. The minimum absolute atomic E-state index is 0. The van der Waals surface area contributed by atoms with Crippen molar-refractivity contribution in [2.45, 2.75) is 111 Å². The van der Waals surface area contributed by atoms with Crippen LogP contribution in [-0.4, -0.2) is 34.2 Å². The highest BCUT2D eigenvalue weighted by molar-refractivity contribution is 6.32. The molecule has 6 heteroatoms. The molecule has 0 saturated heterocycles. The molecule has 4 aromatic rings. The Balaban J connectivity index is 0.000000225. The van der Waals surface area contributed by atoms with E-state index in [4.69, 9.17) is 0 Å². The van der Waals surface area contributed by atoms with Gasteiger partial charge in [-0.3, -0.25) is 19.2 Å². The van der Waals surface area contributed by atoms with Gasteiger partial charge in [-0.2, -0.15) is 0 Å². The van der Waals surface area contributed by atoms with E-state index in [1.165, 1.54) is 0 Å². The first-order valence-electron chi connectivity index (χ1n) is 17.0. The maximum atomic E-state index is 13.4. The fourth-order valence-electron chi connectivity index (χ4n) is 8.19.